The molecule has 0 aliphatic rings. The van der Waals surface area contributed by atoms with Gasteiger partial charge in [0.15, 0.2) is 11.0 Å². The molecule has 1 unspecified atom stereocenters. The summed E-state index contributed by atoms with van der Waals surface area (Å²) in [5, 5.41) is 12.0. The van der Waals surface area contributed by atoms with E-state index in [2.05, 4.69) is 15.5 Å². The van der Waals surface area contributed by atoms with Gasteiger partial charge in [0.05, 0.1) is 25.2 Å². The second-order valence-corrected chi connectivity index (χ2v) is 8.97. The SMILES string of the molecule is COc1ccc(OC)c(NC(=O)C(C)Sc2nnc(-c3ccccc3)n2-c2ccc(C)cc2)c1. The summed E-state index contributed by atoms with van der Waals surface area (Å²) in [5.74, 6) is 1.72. The standard InChI is InChI=1S/C26H26N4O3S/c1-17-10-12-20(13-11-17)30-24(19-8-6-5-7-9-19)28-29-26(30)34-18(2)25(31)27-22-16-21(32-3)14-15-23(22)33-4/h5-16,18H,1-4H3,(H,27,31). The third-order valence-corrected chi connectivity index (χ3v) is 6.32. The molecule has 3 aromatic carbocycles. The Morgan fingerprint density at radius 2 is 1.71 bits per heavy atom. The minimum absolute atomic E-state index is 0.184. The van der Waals surface area contributed by atoms with Gasteiger partial charge in [0.1, 0.15) is 11.5 Å². The number of anilines is 1. The van der Waals surface area contributed by atoms with E-state index in [1.165, 1.54) is 11.8 Å². The average Bonchev–Trinajstić information content (AvgIpc) is 3.28. The molecule has 1 amide bonds. The van der Waals surface area contributed by atoms with Crippen molar-refractivity contribution in [3.63, 3.8) is 0 Å². The number of hydrogen-bond acceptors (Lipinski definition) is 6. The van der Waals surface area contributed by atoms with E-state index in [-0.39, 0.29) is 5.91 Å². The minimum Gasteiger partial charge on any atom is -0.497 e. The lowest BCUT2D eigenvalue weighted by molar-refractivity contribution is -0.115. The topological polar surface area (TPSA) is 78.3 Å². The largest absolute Gasteiger partial charge is 0.497 e. The normalized spacial score (nSPS) is 11.6. The number of carbonyl (C=O) groups excluding carboxylic acids is 1. The fourth-order valence-corrected chi connectivity index (χ4v) is 4.27. The van der Waals surface area contributed by atoms with Crippen LogP contribution < -0.4 is 14.8 Å². The van der Waals surface area contributed by atoms with Crippen molar-refractivity contribution >= 4 is 23.4 Å². The molecule has 1 aromatic heterocycles. The molecule has 0 saturated carbocycles. The number of benzene rings is 3. The number of ether oxygens (including phenoxy) is 2. The van der Waals surface area contributed by atoms with Crippen molar-refractivity contribution < 1.29 is 14.3 Å². The van der Waals surface area contributed by atoms with E-state index in [1.807, 2.05) is 73.0 Å². The van der Waals surface area contributed by atoms with Crippen LogP contribution in [0.1, 0.15) is 12.5 Å². The average molecular weight is 475 g/mol. The first kappa shape index (κ1) is 23.4. The summed E-state index contributed by atoms with van der Waals surface area (Å²) in [4.78, 5) is 13.1. The Bertz CT molecular complexity index is 1270. The second kappa shape index (κ2) is 10.4. The van der Waals surface area contributed by atoms with Gasteiger partial charge in [-0.15, -0.1) is 10.2 Å². The molecule has 1 atom stereocenters. The lowest BCUT2D eigenvalue weighted by atomic mass is 10.2. The van der Waals surface area contributed by atoms with E-state index in [0.717, 1.165) is 16.8 Å². The third kappa shape index (κ3) is 5.07. The number of hydrogen-bond donors (Lipinski definition) is 1. The van der Waals surface area contributed by atoms with Crippen molar-refractivity contribution in [1.82, 2.24) is 14.8 Å². The molecule has 4 rings (SSSR count). The van der Waals surface area contributed by atoms with Crippen LogP contribution in [0.15, 0.2) is 78.0 Å². The van der Waals surface area contributed by atoms with Gasteiger partial charge in [0.25, 0.3) is 0 Å². The minimum atomic E-state index is -0.451. The summed E-state index contributed by atoms with van der Waals surface area (Å²) < 4.78 is 12.6. The van der Waals surface area contributed by atoms with Crippen LogP contribution in [0.4, 0.5) is 5.69 Å². The summed E-state index contributed by atoms with van der Waals surface area (Å²) >= 11 is 1.34. The van der Waals surface area contributed by atoms with Crippen molar-refractivity contribution in [3.05, 3.63) is 78.4 Å². The first-order chi connectivity index (χ1) is 16.5. The zero-order valence-electron chi connectivity index (χ0n) is 19.5. The van der Waals surface area contributed by atoms with E-state index >= 15 is 0 Å². The van der Waals surface area contributed by atoms with Crippen LogP contribution >= 0.6 is 11.8 Å². The zero-order chi connectivity index (χ0) is 24.1. The van der Waals surface area contributed by atoms with Crippen LogP contribution in [0.5, 0.6) is 11.5 Å². The lowest BCUT2D eigenvalue weighted by Crippen LogP contribution is -2.23. The van der Waals surface area contributed by atoms with Crippen LogP contribution in [0.2, 0.25) is 0 Å². The highest BCUT2D eigenvalue weighted by Crippen LogP contribution is 2.32. The molecule has 1 heterocycles. The number of nitrogens with zero attached hydrogens (tertiary/aromatic N) is 3. The number of rotatable bonds is 8. The van der Waals surface area contributed by atoms with Gasteiger partial charge in [-0.05, 0) is 38.1 Å². The number of amides is 1. The van der Waals surface area contributed by atoms with E-state index in [9.17, 15) is 4.79 Å². The quantitative estimate of drug-likeness (QED) is 0.346. The highest BCUT2D eigenvalue weighted by Gasteiger charge is 2.23. The molecule has 0 aliphatic carbocycles. The number of nitrogens with one attached hydrogen (secondary N) is 1. The number of aryl methyl sites for hydroxylation is 1. The Morgan fingerprint density at radius 3 is 2.38 bits per heavy atom. The molecule has 0 spiro atoms. The Kier molecular flexibility index (Phi) is 7.18. The van der Waals surface area contributed by atoms with Gasteiger partial charge in [0, 0.05) is 17.3 Å². The van der Waals surface area contributed by atoms with Crippen molar-refractivity contribution in [2.75, 3.05) is 19.5 Å². The number of carbonyl (C=O) groups is 1. The van der Waals surface area contributed by atoms with Gasteiger partial charge in [0.2, 0.25) is 5.91 Å². The summed E-state index contributed by atoms with van der Waals surface area (Å²) in [5.41, 5.74) is 3.58. The van der Waals surface area contributed by atoms with Crippen molar-refractivity contribution in [1.29, 1.82) is 0 Å². The van der Waals surface area contributed by atoms with E-state index in [4.69, 9.17) is 9.47 Å². The first-order valence-corrected chi connectivity index (χ1v) is 11.7. The fraction of sp³-hybridized carbons (Fsp3) is 0.192. The summed E-state index contributed by atoms with van der Waals surface area (Å²) in [6, 6.07) is 23.3. The van der Waals surface area contributed by atoms with Crippen LogP contribution in [-0.2, 0) is 4.79 Å². The number of aromatic nitrogens is 3. The zero-order valence-corrected chi connectivity index (χ0v) is 20.3. The molecule has 7 nitrogen and oxygen atoms in total. The number of thioether (sulfide) groups is 1. The lowest BCUT2D eigenvalue weighted by Gasteiger charge is -2.16. The monoisotopic (exact) mass is 474 g/mol. The molecule has 1 N–H and O–H groups in total. The molecule has 0 bridgehead atoms. The predicted octanol–water partition coefficient (Wildman–Crippen LogP) is 5.38. The Hall–Kier alpha value is -3.78. The van der Waals surface area contributed by atoms with Crippen LogP contribution in [-0.4, -0.2) is 40.1 Å². The maximum absolute atomic E-state index is 13.1. The molecule has 0 saturated heterocycles. The summed E-state index contributed by atoms with van der Waals surface area (Å²) in [6.07, 6.45) is 0. The maximum atomic E-state index is 13.1. The molecule has 8 heteroatoms. The molecule has 0 aliphatic heterocycles. The molecular weight excluding hydrogens is 448 g/mol. The van der Waals surface area contributed by atoms with Crippen LogP contribution in [0.25, 0.3) is 17.1 Å². The summed E-state index contributed by atoms with van der Waals surface area (Å²) in [7, 11) is 3.14. The van der Waals surface area contributed by atoms with Crippen molar-refractivity contribution in [3.8, 4) is 28.6 Å². The van der Waals surface area contributed by atoms with Gasteiger partial charge >= 0.3 is 0 Å². The third-order valence-electron chi connectivity index (χ3n) is 5.27. The smallest absolute Gasteiger partial charge is 0.237 e. The van der Waals surface area contributed by atoms with E-state index < -0.39 is 5.25 Å². The molecular formula is C26H26N4O3S. The highest BCUT2D eigenvalue weighted by atomic mass is 32.2. The van der Waals surface area contributed by atoms with Gasteiger partial charge in [-0.3, -0.25) is 9.36 Å². The number of methoxy groups -OCH3 is 2. The van der Waals surface area contributed by atoms with Crippen LogP contribution in [0.3, 0.4) is 0 Å². The Labute approximate surface area is 203 Å². The first-order valence-electron chi connectivity index (χ1n) is 10.8. The predicted molar refractivity (Wildman–Crippen MR) is 135 cm³/mol. The fourth-order valence-electron chi connectivity index (χ4n) is 3.40. The van der Waals surface area contributed by atoms with Crippen LogP contribution in [0, 0.1) is 6.92 Å². The molecule has 0 fully saturated rings. The van der Waals surface area contributed by atoms with Crippen molar-refractivity contribution in [2.24, 2.45) is 0 Å². The van der Waals surface area contributed by atoms with Crippen molar-refractivity contribution in [2.45, 2.75) is 24.3 Å². The van der Waals surface area contributed by atoms with Gasteiger partial charge in [-0.25, -0.2) is 0 Å². The van der Waals surface area contributed by atoms with Gasteiger partial charge < -0.3 is 14.8 Å². The highest BCUT2D eigenvalue weighted by molar-refractivity contribution is 8.00. The Balaban J connectivity index is 1.63. The molecule has 4 aromatic rings. The summed E-state index contributed by atoms with van der Waals surface area (Å²) in [6.45, 7) is 3.88. The van der Waals surface area contributed by atoms with E-state index in [0.29, 0.717) is 28.2 Å². The molecule has 0 radical (unpaired) electrons. The maximum Gasteiger partial charge on any atom is 0.237 e. The van der Waals surface area contributed by atoms with E-state index in [1.54, 1.807) is 32.4 Å². The molecule has 34 heavy (non-hydrogen) atoms. The van der Waals surface area contributed by atoms with Gasteiger partial charge in [-0.1, -0.05) is 59.8 Å². The molecule has 174 valence electrons. The second-order valence-electron chi connectivity index (χ2n) is 7.66. The Morgan fingerprint density at radius 1 is 0.971 bits per heavy atom. The van der Waals surface area contributed by atoms with Gasteiger partial charge in [-0.2, -0.15) is 0 Å².